The second-order valence-electron chi connectivity index (χ2n) is 4.51. The molecule has 2 aromatic rings. The first kappa shape index (κ1) is 13.1. The molecule has 0 aliphatic heterocycles. The lowest BCUT2D eigenvalue weighted by atomic mass is 10.1. The number of carbonyl (C=O) groups is 2. The van der Waals surface area contributed by atoms with Crippen LogP contribution >= 0.6 is 0 Å². The van der Waals surface area contributed by atoms with Crippen LogP contribution in [0.2, 0.25) is 0 Å². The van der Waals surface area contributed by atoms with Crippen LogP contribution in [0, 0.1) is 6.92 Å². The van der Waals surface area contributed by atoms with Gasteiger partial charge in [0, 0.05) is 11.8 Å². The Morgan fingerprint density at radius 2 is 1.79 bits per heavy atom. The Morgan fingerprint density at radius 1 is 1.16 bits per heavy atom. The fraction of sp³-hybridized carbons (Fsp3) is 0.200. The first-order valence-electron chi connectivity index (χ1n) is 6.01. The van der Waals surface area contributed by atoms with Crippen molar-refractivity contribution < 1.29 is 14.7 Å². The molecule has 4 nitrogen and oxygen atoms in total. The normalized spacial score (nSPS) is 12.1. The van der Waals surface area contributed by atoms with Gasteiger partial charge in [-0.15, -0.1) is 0 Å². The SMILES string of the molecule is Cc1ccc(C(=O)c2cccn2C(C)C(=O)O)cc1. The monoisotopic (exact) mass is 257 g/mol. The standard InChI is InChI=1S/C15H15NO3/c1-10-5-7-12(8-6-10)14(17)13-4-3-9-16(13)11(2)15(18)19/h3-9,11H,1-2H3,(H,18,19). The summed E-state index contributed by atoms with van der Waals surface area (Å²) in [6.45, 7) is 3.50. The molecule has 1 heterocycles. The van der Waals surface area contributed by atoms with E-state index in [0.717, 1.165) is 5.56 Å². The molecule has 0 aliphatic carbocycles. The Bertz CT molecular complexity index is 611. The average molecular weight is 257 g/mol. The van der Waals surface area contributed by atoms with Gasteiger partial charge in [0.2, 0.25) is 5.78 Å². The Balaban J connectivity index is 2.37. The molecule has 4 heteroatoms. The molecule has 0 bridgehead atoms. The number of aromatic nitrogens is 1. The fourth-order valence-corrected chi connectivity index (χ4v) is 1.90. The highest BCUT2D eigenvalue weighted by Gasteiger charge is 2.20. The summed E-state index contributed by atoms with van der Waals surface area (Å²) in [5.74, 6) is -1.13. The van der Waals surface area contributed by atoms with Gasteiger partial charge in [-0.2, -0.15) is 0 Å². The zero-order chi connectivity index (χ0) is 14.0. The average Bonchev–Trinajstić information content (AvgIpc) is 2.86. The van der Waals surface area contributed by atoms with Crippen molar-refractivity contribution in [2.24, 2.45) is 0 Å². The Kier molecular flexibility index (Phi) is 3.51. The predicted molar refractivity (Wildman–Crippen MR) is 71.4 cm³/mol. The molecule has 0 saturated heterocycles. The summed E-state index contributed by atoms with van der Waals surface area (Å²) in [6, 6.07) is 9.78. The zero-order valence-corrected chi connectivity index (χ0v) is 10.8. The van der Waals surface area contributed by atoms with Crippen LogP contribution in [0.3, 0.4) is 0 Å². The second-order valence-corrected chi connectivity index (χ2v) is 4.51. The third kappa shape index (κ3) is 2.57. The molecule has 98 valence electrons. The van der Waals surface area contributed by atoms with Crippen molar-refractivity contribution >= 4 is 11.8 Å². The van der Waals surface area contributed by atoms with Gasteiger partial charge in [-0.1, -0.05) is 29.8 Å². The summed E-state index contributed by atoms with van der Waals surface area (Å²) < 4.78 is 1.48. The lowest BCUT2D eigenvalue weighted by molar-refractivity contribution is -0.140. The molecule has 2 rings (SSSR count). The van der Waals surface area contributed by atoms with Gasteiger partial charge in [0.25, 0.3) is 0 Å². The third-order valence-corrected chi connectivity index (χ3v) is 3.10. The number of aryl methyl sites for hydroxylation is 1. The van der Waals surface area contributed by atoms with E-state index in [1.54, 1.807) is 37.4 Å². The molecule has 19 heavy (non-hydrogen) atoms. The first-order chi connectivity index (χ1) is 9.00. The quantitative estimate of drug-likeness (QED) is 0.857. The largest absolute Gasteiger partial charge is 0.480 e. The van der Waals surface area contributed by atoms with E-state index in [1.165, 1.54) is 4.57 Å². The minimum Gasteiger partial charge on any atom is -0.480 e. The van der Waals surface area contributed by atoms with Gasteiger partial charge in [0.1, 0.15) is 6.04 Å². The lowest BCUT2D eigenvalue weighted by Gasteiger charge is -2.12. The summed E-state index contributed by atoms with van der Waals surface area (Å²) in [6.07, 6.45) is 1.61. The third-order valence-electron chi connectivity index (χ3n) is 3.10. The Hall–Kier alpha value is -2.36. The molecule has 0 radical (unpaired) electrons. The van der Waals surface area contributed by atoms with Gasteiger partial charge in [-0.3, -0.25) is 4.79 Å². The topological polar surface area (TPSA) is 59.3 Å². The zero-order valence-electron chi connectivity index (χ0n) is 10.8. The maximum absolute atomic E-state index is 12.4. The highest BCUT2D eigenvalue weighted by molar-refractivity contribution is 6.08. The first-order valence-corrected chi connectivity index (χ1v) is 6.01. The van der Waals surface area contributed by atoms with Gasteiger partial charge in [-0.05, 0) is 26.0 Å². The smallest absolute Gasteiger partial charge is 0.326 e. The van der Waals surface area contributed by atoms with Crippen molar-refractivity contribution in [1.82, 2.24) is 4.57 Å². The number of nitrogens with zero attached hydrogens (tertiary/aromatic N) is 1. The molecule has 0 aliphatic rings. The Labute approximate surface area is 111 Å². The lowest BCUT2D eigenvalue weighted by Crippen LogP contribution is -2.19. The van der Waals surface area contributed by atoms with Crippen LogP contribution in [-0.2, 0) is 4.79 Å². The van der Waals surface area contributed by atoms with Crippen LogP contribution in [0.25, 0.3) is 0 Å². The number of aliphatic carboxylic acids is 1. The number of hydrogen-bond donors (Lipinski definition) is 1. The van der Waals surface area contributed by atoms with Crippen LogP contribution in [-0.4, -0.2) is 21.4 Å². The minimum absolute atomic E-state index is 0.168. The van der Waals surface area contributed by atoms with E-state index in [4.69, 9.17) is 5.11 Å². The van der Waals surface area contributed by atoms with Crippen LogP contribution < -0.4 is 0 Å². The van der Waals surface area contributed by atoms with Crippen LogP contribution in [0.15, 0.2) is 42.6 Å². The predicted octanol–water partition coefficient (Wildman–Crippen LogP) is 2.67. The van der Waals surface area contributed by atoms with E-state index in [2.05, 4.69) is 0 Å². The highest BCUT2D eigenvalue weighted by Crippen LogP contribution is 2.16. The number of rotatable bonds is 4. The van der Waals surface area contributed by atoms with E-state index in [0.29, 0.717) is 11.3 Å². The molecule has 1 aromatic carbocycles. The van der Waals surface area contributed by atoms with Gasteiger partial charge in [0.05, 0.1) is 5.69 Å². The van der Waals surface area contributed by atoms with E-state index in [-0.39, 0.29) is 5.78 Å². The van der Waals surface area contributed by atoms with Crippen molar-refractivity contribution in [1.29, 1.82) is 0 Å². The summed E-state index contributed by atoms with van der Waals surface area (Å²) in [7, 11) is 0. The molecular weight excluding hydrogens is 242 g/mol. The van der Waals surface area contributed by atoms with Crippen LogP contribution in [0.5, 0.6) is 0 Å². The number of ketones is 1. The molecule has 1 aromatic heterocycles. The van der Waals surface area contributed by atoms with Crippen LogP contribution in [0.1, 0.15) is 34.6 Å². The van der Waals surface area contributed by atoms with Gasteiger partial charge < -0.3 is 9.67 Å². The highest BCUT2D eigenvalue weighted by atomic mass is 16.4. The van der Waals surface area contributed by atoms with Gasteiger partial charge in [-0.25, -0.2) is 4.79 Å². The van der Waals surface area contributed by atoms with E-state index in [9.17, 15) is 9.59 Å². The second kappa shape index (κ2) is 5.10. The number of hydrogen-bond acceptors (Lipinski definition) is 2. The van der Waals surface area contributed by atoms with E-state index >= 15 is 0 Å². The number of benzene rings is 1. The molecule has 0 amide bonds. The molecule has 0 fully saturated rings. The minimum atomic E-state index is -0.964. The fourth-order valence-electron chi connectivity index (χ4n) is 1.90. The molecule has 0 spiro atoms. The summed E-state index contributed by atoms with van der Waals surface area (Å²) in [5, 5.41) is 9.03. The molecule has 1 N–H and O–H groups in total. The van der Waals surface area contributed by atoms with Crippen molar-refractivity contribution in [3.05, 3.63) is 59.4 Å². The molecule has 1 atom stereocenters. The van der Waals surface area contributed by atoms with E-state index in [1.807, 2.05) is 19.1 Å². The van der Waals surface area contributed by atoms with Crippen molar-refractivity contribution in [3.8, 4) is 0 Å². The number of carboxylic acid groups (broad SMARTS) is 1. The number of carbonyl (C=O) groups excluding carboxylic acids is 1. The number of carboxylic acids is 1. The van der Waals surface area contributed by atoms with Crippen molar-refractivity contribution in [2.75, 3.05) is 0 Å². The maximum atomic E-state index is 12.4. The van der Waals surface area contributed by atoms with Crippen molar-refractivity contribution in [2.45, 2.75) is 19.9 Å². The van der Waals surface area contributed by atoms with Gasteiger partial charge in [0.15, 0.2) is 0 Å². The summed E-state index contributed by atoms with van der Waals surface area (Å²) in [4.78, 5) is 23.4. The summed E-state index contributed by atoms with van der Waals surface area (Å²) >= 11 is 0. The van der Waals surface area contributed by atoms with Gasteiger partial charge >= 0.3 is 5.97 Å². The molecular formula is C15H15NO3. The van der Waals surface area contributed by atoms with Crippen LogP contribution in [0.4, 0.5) is 0 Å². The maximum Gasteiger partial charge on any atom is 0.326 e. The summed E-state index contributed by atoms with van der Waals surface area (Å²) in [5.41, 5.74) is 2.02. The molecule has 0 saturated carbocycles. The Morgan fingerprint density at radius 3 is 2.37 bits per heavy atom. The molecule has 1 unspecified atom stereocenters. The van der Waals surface area contributed by atoms with E-state index < -0.39 is 12.0 Å². The van der Waals surface area contributed by atoms with Crippen molar-refractivity contribution in [3.63, 3.8) is 0 Å².